The summed E-state index contributed by atoms with van der Waals surface area (Å²) in [6.45, 7) is -0.145. The van der Waals surface area contributed by atoms with E-state index in [1.54, 1.807) is 6.20 Å². The first-order valence-electron chi connectivity index (χ1n) is 6.97. The van der Waals surface area contributed by atoms with Gasteiger partial charge in [0.05, 0.1) is 18.9 Å². The summed E-state index contributed by atoms with van der Waals surface area (Å²) in [6, 6.07) is 16.0. The molecule has 106 valence electrons. The van der Waals surface area contributed by atoms with E-state index >= 15 is 0 Å². The van der Waals surface area contributed by atoms with E-state index in [1.807, 2.05) is 36.4 Å². The molecule has 0 aliphatic rings. The van der Waals surface area contributed by atoms with Crippen LogP contribution in [-0.4, -0.2) is 15.2 Å². The highest BCUT2D eigenvalue weighted by molar-refractivity contribution is 5.86. The lowest BCUT2D eigenvalue weighted by molar-refractivity contribution is 0.260. The molecule has 2 N–H and O–H groups in total. The van der Waals surface area contributed by atoms with E-state index in [1.165, 1.54) is 5.56 Å². The van der Waals surface area contributed by atoms with E-state index in [9.17, 15) is 10.2 Å². The van der Waals surface area contributed by atoms with E-state index in [-0.39, 0.29) is 13.2 Å². The van der Waals surface area contributed by atoms with E-state index in [0.29, 0.717) is 0 Å². The molecule has 0 bridgehead atoms. The van der Waals surface area contributed by atoms with Gasteiger partial charge in [-0.15, -0.1) is 0 Å². The van der Waals surface area contributed by atoms with Gasteiger partial charge in [0.1, 0.15) is 0 Å². The molecule has 21 heavy (non-hydrogen) atoms. The van der Waals surface area contributed by atoms with Crippen molar-refractivity contribution in [3.63, 3.8) is 0 Å². The van der Waals surface area contributed by atoms with Crippen molar-refractivity contribution in [3.05, 3.63) is 77.1 Å². The zero-order valence-electron chi connectivity index (χ0n) is 11.7. The predicted molar refractivity (Wildman–Crippen MR) is 82.8 cm³/mol. The van der Waals surface area contributed by atoms with Gasteiger partial charge in [0.15, 0.2) is 0 Å². The van der Waals surface area contributed by atoms with Gasteiger partial charge in [0.2, 0.25) is 0 Å². The molecule has 0 saturated heterocycles. The number of rotatable bonds is 4. The Kier molecular flexibility index (Phi) is 3.95. The number of hydrogen-bond acceptors (Lipinski definition) is 3. The number of aliphatic hydroxyl groups excluding tert-OH is 2. The number of pyridine rings is 1. The predicted octanol–water partition coefficient (Wildman–Crippen LogP) is 2.81. The first kappa shape index (κ1) is 13.7. The van der Waals surface area contributed by atoms with Crippen LogP contribution in [-0.2, 0) is 19.6 Å². The fraction of sp³-hybridized carbons (Fsp3) is 0.167. The summed E-state index contributed by atoms with van der Waals surface area (Å²) in [5.41, 5.74) is 3.71. The summed E-state index contributed by atoms with van der Waals surface area (Å²) in [5, 5.41) is 20.9. The minimum Gasteiger partial charge on any atom is -0.392 e. The third-order valence-corrected chi connectivity index (χ3v) is 3.72. The molecule has 3 heteroatoms. The van der Waals surface area contributed by atoms with Crippen molar-refractivity contribution in [2.45, 2.75) is 19.6 Å². The third-order valence-electron chi connectivity index (χ3n) is 3.72. The molecule has 0 fully saturated rings. The maximum absolute atomic E-state index is 9.46. The van der Waals surface area contributed by atoms with Crippen molar-refractivity contribution in [2.24, 2.45) is 0 Å². The van der Waals surface area contributed by atoms with Crippen molar-refractivity contribution in [1.82, 2.24) is 4.98 Å². The third kappa shape index (κ3) is 2.79. The Morgan fingerprint density at radius 3 is 2.29 bits per heavy atom. The molecule has 3 rings (SSSR count). The average Bonchev–Trinajstić information content (AvgIpc) is 2.55. The quantitative estimate of drug-likeness (QED) is 0.772. The van der Waals surface area contributed by atoms with Crippen LogP contribution < -0.4 is 0 Å². The van der Waals surface area contributed by atoms with Crippen LogP contribution in [0, 0.1) is 0 Å². The standard InChI is InChI=1S/C18H17NO2/c20-11-15-9-14-6-7-19-18(17(14)10-16(15)12-21)8-13-4-2-1-3-5-13/h1-7,9-10,20-21H,8,11-12H2. The van der Waals surface area contributed by atoms with Gasteiger partial charge in [-0.3, -0.25) is 4.98 Å². The highest BCUT2D eigenvalue weighted by Crippen LogP contribution is 2.24. The molecule has 1 heterocycles. The van der Waals surface area contributed by atoms with Crippen LogP contribution in [0.4, 0.5) is 0 Å². The molecule has 3 nitrogen and oxygen atoms in total. The summed E-state index contributed by atoms with van der Waals surface area (Å²) in [4.78, 5) is 4.49. The molecule has 2 aromatic carbocycles. The number of hydrogen-bond donors (Lipinski definition) is 2. The SMILES string of the molecule is OCc1cc2ccnc(Cc3ccccc3)c2cc1CO. The second kappa shape index (κ2) is 6.04. The summed E-state index contributed by atoms with van der Waals surface area (Å²) < 4.78 is 0. The monoisotopic (exact) mass is 279 g/mol. The molecular weight excluding hydrogens is 262 g/mol. The smallest absolute Gasteiger partial charge is 0.0685 e. The Morgan fingerprint density at radius 1 is 0.857 bits per heavy atom. The van der Waals surface area contributed by atoms with Gasteiger partial charge in [-0.25, -0.2) is 0 Å². The minimum atomic E-state index is -0.0779. The summed E-state index contributed by atoms with van der Waals surface area (Å²) in [5.74, 6) is 0. The van der Waals surface area contributed by atoms with Crippen LogP contribution in [0.25, 0.3) is 10.8 Å². The van der Waals surface area contributed by atoms with E-state index in [4.69, 9.17) is 0 Å². The van der Waals surface area contributed by atoms with Crippen molar-refractivity contribution in [2.75, 3.05) is 0 Å². The van der Waals surface area contributed by atoms with Gasteiger partial charge >= 0.3 is 0 Å². The van der Waals surface area contributed by atoms with Gasteiger partial charge in [-0.1, -0.05) is 30.3 Å². The average molecular weight is 279 g/mol. The Morgan fingerprint density at radius 2 is 1.57 bits per heavy atom. The Bertz CT molecular complexity index is 754. The lowest BCUT2D eigenvalue weighted by Crippen LogP contribution is -1.98. The largest absolute Gasteiger partial charge is 0.392 e. The number of benzene rings is 2. The maximum Gasteiger partial charge on any atom is 0.0685 e. The van der Waals surface area contributed by atoms with Crippen molar-refractivity contribution < 1.29 is 10.2 Å². The molecule has 1 aromatic heterocycles. The van der Waals surface area contributed by atoms with Gasteiger partial charge in [0.25, 0.3) is 0 Å². The lowest BCUT2D eigenvalue weighted by atomic mass is 9.98. The minimum absolute atomic E-state index is 0.0673. The van der Waals surface area contributed by atoms with Gasteiger partial charge < -0.3 is 10.2 Å². The molecule has 0 aliphatic heterocycles. The van der Waals surface area contributed by atoms with Gasteiger partial charge in [0, 0.05) is 18.0 Å². The van der Waals surface area contributed by atoms with Crippen LogP contribution >= 0.6 is 0 Å². The summed E-state index contributed by atoms with van der Waals surface area (Å²) in [6.07, 6.45) is 2.54. The van der Waals surface area contributed by atoms with E-state index in [0.717, 1.165) is 34.0 Å². The lowest BCUT2D eigenvalue weighted by Gasteiger charge is -2.11. The Balaban J connectivity index is 2.10. The molecule has 0 spiro atoms. The summed E-state index contributed by atoms with van der Waals surface area (Å²) >= 11 is 0. The number of aliphatic hydroxyl groups is 2. The molecule has 3 aromatic rings. The molecular formula is C18H17NO2. The molecule has 0 amide bonds. The van der Waals surface area contributed by atoms with Gasteiger partial charge in [-0.05, 0) is 40.3 Å². The Labute approximate surface area is 123 Å². The van der Waals surface area contributed by atoms with Gasteiger partial charge in [-0.2, -0.15) is 0 Å². The van der Waals surface area contributed by atoms with Crippen LogP contribution in [0.1, 0.15) is 22.4 Å². The first-order chi connectivity index (χ1) is 10.3. The fourth-order valence-electron chi connectivity index (χ4n) is 2.60. The highest BCUT2D eigenvalue weighted by Gasteiger charge is 2.08. The normalized spacial score (nSPS) is 11.0. The molecule has 0 saturated carbocycles. The molecule has 0 atom stereocenters. The highest BCUT2D eigenvalue weighted by atomic mass is 16.3. The van der Waals surface area contributed by atoms with Crippen molar-refractivity contribution in [3.8, 4) is 0 Å². The summed E-state index contributed by atoms with van der Waals surface area (Å²) in [7, 11) is 0. The zero-order valence-corrected chi connectivity index (χ0v) is 11.7. The molecule has 0 aliphatic carbocycles. The van der Waals surface area contributed by atoms with E-state index < -0.39 is 0 Å². The fourth-order valence-corrected chi connectivity index (χ4v) is 2.60. The molecule has 0 radical (unpaired) electrons. The van der Waals surface area contributed by atoms with E-state index in [2.05, 4.69) is 17.1 Å². The second-order valence-corrected chi connectivity index (χ2v) is 5.08. The number of nitrogens with zero attached hydrogens (tertiary/aromatic N) is 1. The van der Waals surface area contributed by atoms with Crippen LogP contribution in [0.5, 0.6) is 0 Å². The number of fused-ring (bicyclic) bond motifs is 1. The Hall–Kier alpha value is -2.23. The zero-order chi connectivity index (χ0) is 14.7. The van der Waals surface area contributed by atoms with Crippen LogP contribution in [0.3, 0.4) is 0 Å². The van der Waals surface area contributed by atoms with Crippen molar-refractivity contribution >= 4 is 10.8 Å². The number of aromatic nitrogens is 1. The van der Waals surface area contributed by atoms with Crippen LogP contribution in [0.2, 0.25) is 0 Å². The van der Waals surface area contributed by atoms with Crippen LogP contribution in [0.15, 0.2) is 54.7 Å². The topological polar surface area (TPSA) is 53.4 Å². The second-order valence-electron chi connectivity index (χ2n) is 5.08. The molecule has 0 unspecified atom stereocenters. The first-order valence-corrected chi connectivity index (χ1v) is 6.97. The van der Waals surface area contributed by atoms with Crippen molar-refractivity contribution in [1.29, 1.82) is 0 Å². The maximum atomic E-state index is 9.46.